The highest BCUT2D eigenvalue weighted by Crippen LogP contribution is 2.32. The molecule has 0 spiro atoms. The molecule has 2 aliphatic rings. The summed E-state index contributed by atoms with van der Waals surface area (Å²) in [6.45, 7) is 4.76. The Balaban J connectivity index is 1.27. The van der Waals surface area contributed by atoms with Crippen molar-refractivity contribution in [2.24, 2.45) is 0 Å². The van der Waals surface area contributed by atoms with Crippen molar-refractivity contribution in [3.05, 3.63) is 71.4 Å². The third kappa shape index (κ3) is 4.91. The zero-order valence-corrected chi connectivity index (χ0v) is 16.7. The fourth-order valence-corrected chi connectivity index (χ4v) is 3.54. The Morgan fingerprint density at radius 1 is 1.03 bits per heavy atom. The number of hydrogen-bond donors (Lipinski definition) is 1. The smallest absolute Gasteiger partial charge is 0.263 e. The molecule has 30 heavy (non-hydrogen) atoms. The van der Waals surface area contributed by atoms with Crippen LogP contribution in [0.1, 0.15) is 11.1 Å². The Kier molecular flexibility index (Phi) is 6.16. The van der Waals surface area contributed by atoms with E-state index >= 15 is 0 Å². The monoisotopic (exact) mass is 404 g/mol. The molecule has 0 saturated carbocycles. The molecular formula is C23H24N4O3. The lowest BCUT2D eigenvalue weighted by Gasteiger charge is -2.34. The summed E-state index contributed by atoms with van der Waals surface area (Å²) in [5.41, 5.74) is 2.32. The number of hydrogen-bond acceptors (Lipinski definition) is 6. The quantitative estimate of drug-likeness (QED) is 0.588. The van der Waals surface area contributed by atoms with E-state index in [1.54, 1.807) is 6.20 Å². The van der Waals surface area contributed by atoms with Gasteiger partial charge in [-0.15, -0.1) is 0 Å². The van der Waals surface area contributed by atoms with Crippen molar-refractivity contribution in [3.63, 3.8) is 0 Å². The minimum atomic E-state index is -0.343. The van der Waals surface area contributed by atoms with Crippen LogP contribution >= 0.6 is 0 Å². The average Bonchev–Trinajstić information content (AvgIpc) is 3.25. The van der Waals surface area contributed by atoms with Gasteiger partial charge in [-0.3, -0.25) is 9.69 Å². The van der Waals surface area contributed by atoms with Gasteiger partial charge in [0, 0.05) is 45.5 Å². The average molecular weight is 404 g/mol. The number of carbonyl (C=O) groups excluding carboxylic acids is 1. The second-order valence-electron chi connectivity index (χ2n) is 7.32. The Morgan fingerprint density at radius 3 is 2.57 bits per heavy atom. The molecule has 0 radical (unpaired) electrons. The summed E-state index contributed by atoms with van der Waals surface area (Å²) in [6, 6.07) is 17.7. The van der Waals surface area contributed by atoms with Crippen molar-refractivity contribution in [1.29, 1.82) is 5.26 Å². The lowest BCUT2D eigenvalue weighted by Crippen LogP contribution is -2.44. The van der Waals surface area contributed by atoms with Gasteiger partial charge in [0.25, 0.3) is 5.91 Å². The van der Waals surface area contributed by atoms with E-state index in [4.69, 9.17) is 9.47 Å². The second kappa shape index (κ2) is 9.33. The zero-order valence-electron chi connectivity index (χ0n) is 16.7. The second-order valence-corrected chi connectivity index (χ2v) is 7.32. The molecule has 154 valence electrons. The van der Waals surface area contributed by atoms with Crippen LogP contribution in [0.4, 0.5) is 0 Å². The van der Waals surface area contributed by atoms with Crippen LogP contribution in [0.25, 0.3) is 0 Å². The lowest BCUT2D eigenvalue weighted by atomic mass is 10.1. The number of nitriles is 1. The molecule has 0 bridgehead atoms. The molecule has 1 saturated heterocycles. The van der Waals surface area contributed by atoms with E-state index in [-0.39, 0.29) is 18.3 Å². The first-order valence-electron chi connectivity index (χ1n) is 10.0. The highest BCUT2D eigenvalue weighted by atomic mass is 16.7. The molecule has 1 amide bonds. The van der Waals surface area contributed by atoms with Crippen LogP contribution in [0.5, 0.6) is 11.5 Å². The molecule has 1 N–H and O–H groups in total. The van der Waals surface area contributed by atoms with E-state index in [0.29, 0.717) is 6.54 Å². The molecule has 7 nitrogen and oxygen atoms in total. The predicted molar refractivity (Wildman–Crippen MR) is 111 cm³/mol. The molecule has 2 heterocycles. The fourth-order valence-electron chi connectivity index (χ4n) is 3.54. The number of amides is 1. The van der Waals surface area contributed by atoms with Crippen LogP contribution in [0.2, 0.25) is 0 Å². The molecule has 0 unspecified atom stereocenters. The minimum absolute atomic E-state index is 0.134. The number of ether oxygens (including phenoxy) is 2. The van der Waals surface area contributed by atoms with Gasteiger partial charge in [-0.05, 0) is 23.3 Å². The first-order valence-corrected chi connectivity index (χ1v) is 10.0. The molecule has 0 atom stereocenters. The first-order chi connectivity index (χ1) is 14.7. The maximum absolute atomic E-state index is 12.4. The Hall–Kier alpha value is -3.50. The third-order valence-electron chi connectivity index (χ3n) is 5.22. The maximum atomic E-state index is 12.4. The fraction of sp³-hybridized carbons (Fsp3) is 0.304. The van der Waals surface area contributed by atoms with Crippen LogP contribution in [-0.2, 0) is 17.9 Å². The van der Waals surface area contributed by atoms with Crippen molar-refractivity contribution in [2.45, 2.75) is 13.1 Å². The number of benzene rings is 2. The van der Waals surface area contributed by atoms with Crippen molar-refractivity contribution in [2.75, 3.05) is 33.0 Å². The van der Waals surface area contributed by atoms with Gasteiger partial charge in [0.1, 0.15) is 11.6 Å². The number of nitrogens with one attached hydrogen (secondary N) is 1. The van der Waals surface area contributed by atoms with E-state index in [0.717, 1.165) is 49.8 Å². The van der Waals surface area contributed by atoms with Crippen LogP contribution in [0.15, 0.2) is 60.3 Å². The molecule has 2 aromatic carbocycles. The SMILES string of the molecule is N#C/C(=C/N1CCN(Cc2ccc3c(c2)OCO3)CC1)C(=O)NCc1ccccc1. The predicted octanol–water partition coefficient (Wildman–Crippen LogP) is 2.26. The van der Waals surface area contributed by atoms with Gasteiger partial charge in [-0.1, -0.05) is 36.4 Å². The molecule has 0 aromatic heterocycles. The lowest BCUT2D eigenvalue weighted by molar-refractivity contribution is -0.117. The van der Waals surface area contributed by atoms with Gasteiger partial charge in [0.2, 0.25) is 6.79 Å². The summed E-state index contributed by atoms with van der Waals surface area (Å²) < 4.78 is 10.8. The summed E-state index contributed by atoms with van der Waals surface area (Å²) in [5, 5.41) is 12.2. The topological polar surface area (TPSA) is 77.8 Å². The highest BCUT2D eigenvalue weighted by molar-refractivity contribution is 5.97. The molecule has 0 aliphatic carbocycles. The molecule has 4 rings (SSSR count). The number of carbonyl (C=O) groups is 1. The van der Waals surface area contributed by atoms with Crippen molar-refractivity contribution < 1.29 is 14.3 Å². The largest absolute Gasteiger partial charge is 0.454 e. The van der Waals surface area contributed by atoms with Gasteiger partial charge < -0.3 is 19.7 Å². The first kappa shape index (κ1) is 19.8. The van der Waals surface area contributed by atoms with Crippen molar-refractivity contribution in [3.8, 4) is 17.6 Å². The molecular weight excluding hydrogens is 380 g/mol. The highest BCUT2D eigenvalue weighted by Gasteiger charge is 2.19. The van der Waals surface area contributed by atoms with E-state index in [1.807, 2.05) is 53.4 Å². The van der Waals surface area contributed by atoms with Gasteiger partial charge in [-0.2, -0.15) is 5.26 Å². The van der Waals surface area contributed by atoms with Gasteiger partial charge in [-0.25, -0.2) is 0 Å². The summed E-state index contributed by atoms with van der Waals surface area (Å²) in [6.07, 6.45) is 1.68. The molecule has 7 heteroatoms. The number of nitrogens with zero attached hydrogens (tertiary/aromatic N) is 3. The zero-order chi connectivity index (χ0) is 20.8. The summed E-state index contributed by atoms with van der Waals surface area (Å²) in [4.78, 5) is 16.7. The van der Waals surface area contributed by atoms with Crippen LogP contribution in [-0.4, -0.2) is 48.7 Å². The Bertz CT molecular complexity index is 960. The third-order valence-corrected chi connectivity index (χ3v) is 5.22. The van der Waals surface area contributed by atoms with E-state index < -0.39 is 0 Å². The van der Waals surface area contributed by atoms with Crippen LogP contribution < -0.4 is 14.8 Å². The van der Waals surface area contributed by atoms with Gasteiger partial charge >= 0.3 is 0 Å². The van der Waals surface area contributed by atoms with Gasteiger partial charge in [0.05, 0.1) is 0 Å². The van der Waals surface area contributed by atoms with Crippen LogP contribution in [0.3, 0.4) is 0 Å². The Labute approximate surface area is 176 Å². The molecule has 2 aliphatic heterocycles. The maximum Gasteiger partial charge on any atom is 0.263 e. The summed E-state index contributed by atoms with van der Waals surface area (Å²) in [7, 11) is 0. The van der Waals surface area contributed by atoms with Crippen LogP contribution in [0, 0.1) is 11.3 Å². The van der Waals surface area contributed by atoms with E-state index in [2.05, 4.69) is 16.3 Å². The van der Waals surface area contributed by atoms with Crippen molar-refractivity contribution >= 4 is 5.91 Å². The molecule has 1 fully saturated rings. The number of rotatable bonds is 6. The Morgan fingerprint density at radius 2 is 1.80 bits per heavy atom. The summed E-state index contributed by atoms with van der Waals surface area (Å²) in [5.74, 6) is 1.25. The number of fused-ring (bicyclic) bond motifs is 1. The van der Waals surface area contributed by atoms with E-state index in [1.165, 1.54) is 5.56 Å². The molecule has 2 aromatic rings. The van der Waals surface area contributed by atoms with Crippen molar-refractivity contribution in [1.82, 2.24) is 15.1 Å². The van der Waals surface area contributed by atoms with Gasteiger partial charge in [0.15, 0.2) is 11.5 Å². The normalized spacial score (nSPS) is 16.2. The minimum Gasteiger partial charge on any atom is -0.454 e. The van der Waals surface area contributed by atoms with E-state index in [9.17, 15) is 10.1 Å². The standard InChI is InChI=1S/C23H24N4O3/c24-13-20(23(28)25-14-18-4-2-1-3-5-18)16-27-10-8-26(9-11-27)15-19-6-7-21-22(12-19)30-17-29-21/h1-7,12,16H,8-11,14-15,17H2,(H,25,28)/b20-16-. The summed E-state index contributed by atoms with van der Waals surface area (Å²) >= 11 is 0. The number of piperazine rings is 1.